The van der Waals surface area contributed by atoms with Gasteiger partial charge in [-0.25, -0.2) is 0 Å². The van der Waals surface area contributed by atoms with Crippen molar-refractivity contribution in [1.29, 1.82) is 0 Å². The number of hydrogen-bond acceptors (Lipinski definition) is 4. The fourth-order valence-corrected chi connectivity index (χ4v) is 1.49. The number of methoxy groups -OCH3 is 1. The standard InChI is InChI=1S/C13H18N2O4/c1-19-7-6-11(14)13(18)15-10-4-2-9(3-5-10)8-12(16)17/h2-5,11H,6-8,14H2,1H3,(H,15,18)(H,16,17). The normalized spacial score (nSPS) is 11.9. The minimum Gasteiger partial charge on any atom is -0.481 e. The molecule has 1 aromatic carbocycles. The van der Waals surface area contributed by atoms with Crippen molar-refractivity contribution >= 4 is 17.6 Å². The predicted octanol–water partition coefficient (Wildman–Crippen LogP) is 0.616. The summed E-state index contributed by atoms with van der Waals surface area (Å²) in [7, 11) is 1.55. The molecule has 104 valence electrons. The molecule has 0 aliphatic heterocycles. The SMILES string of the molecule is COCCC(N)C(=O)Nc1ccc(CC(=O)O)cc1. The van der Waals surface area contributed by atoms with Gasteiger partial charge in [0.15, 0.2) is 0 Å². The number of anilines is 1. The Morgan fingerprint density at radius 3 is 2.53 bits per heavy atom. The minimum absolute atomic E-state index is 0.0401. The van der Waals surface area contributed by atoms with Gasteiger partial charge in [-0.15, -0.1) is 0 Å². The number of amides is 1. The lowest BCUT2D eigenvalue weighted by molar-refractivity contribution is -0.136. The Hall–Kier alpha value is -1.92. The molecule has 1 rings (SSSR count). The number of carbonyl (C=O) groups excluding carboxylic acids is 1. The van der Waals surface area contributed by atoms with E-state index >= 15 is 0 Å². The topological polar surface area (TPSA) is 102 Å². The second-order valence-electron chi connectivity index (χ2n) is 4.14. The molecule has 0 radical (unpaired) electrons. The van der Waals surface area contributed by atoms with Gasteiger partial charge in [-0.1, -0.05) is 12.1 Å². The average molecular weight is 266 g/mol. The number of hydrogen-bond donors (Lipinski definition) is 3. The van der Waals surface area contributed by atoms with Crippen LogP contribution in [0.3, 0.4) is 0 Å². The largest absolute Gasteiger partial charge is 0.481 e. The summed E-state index contributed by atoms with van der Waals surface area (Å²) in [5.74, 6) is -1.18. The van der Waals surface area contributed by atoms with Crippen LogP contribution in [0.5, 0.6) is 0 Å². The molecular weight excluding hydrogens is 248 g/mol. The lowest BCUT2D eigenvalue weighted by Crippen LogP contribution is -2.36. The third-order valence-corrected chi connectivity index (χ3v) is 2.55. The van der Waals surface area contributed by atoms with Crippen LogP contribution in [0.15, 0.2) is 24.3 Å². The maximum atomic E-state index is 11.7. The highest BCUT2D eigenvalue weighted by atomic mass is 16.5. The van der Waals surface area contributed by atoms with Crippen molar-refractivity contribution in [1.82, 2.24) is 0 Å². The van der Waals surface area contributed by atoms with E-state index in [-0.39, 0.29) is 12.3 Å². The van der Waals surface area contributed by atoms with Crippen LogP contribution in [-0.4, -0.2) is 36.7 Å². The van der Waals surface area contributed by atoms with Gasteiger partial charge in [-0.05, 0) is 24.1 Å². The highest BCUT2D eigenvalue weighted by Crippen LogP contribution is 2.10. The number of rotatable bonds is 7. The van der Waals surface area contributed by atoms with Gasteiger partial charge in [0, 0.05) is 19.4 Å². The summed E-state index contributed by atoms with van der Waals surface area (Å²) in [6.07, 6.45) is 0.404. The number of ether oxygens (including phenoxy) is 1. The molecule has 1 amide bonds. The van der Waals surface area contributed by atoms with Crippen molar-refractivity contribution in [3.8, 4) is 0 Å². The zero-order valence-electron chi connectivity index (χ0n) is 10.8. The average Bonchev–Trinajstić information content (AvgIpc) is 2.37. The Morgan fingerprint density at radius 2 is 2.00 bits per heavy atom. The smallest absolute Gasteiger partial charge is 0.307 e. The first-order valence-electron chi connectivity index (χ1n) is 5.89. The van der Waals surface area contributed by atoms with Gasteiger partial charge in [0.1, 0.15) is 0 Å². The molecule has 0 bridgehead atoms. The van der Waals surface area contributed by atoms with Crippen LogP contribution < -0.4 is 11.1 Å². The van der Waals surface area contributed by atoms with E-state index in [1.54, 1.807) is 31.4 Å². The van der Waals surface area contributed by atoms with Crippen LogP contribution >= 0.6 is 0 Å². The van der Waals surface area contributed by atoms with Crippen LogP contribution in [0, 0.1) is 0 Å². The number of nitrogens with one attached hydrogen (secondary N) is 1. The first kappa shape index (κ1) is 15.1. The Kier molecular flexibility index (Phi) is 5.98. The zero-order valence-corrected chi connectivity index (χ0v) is 10.8. The Labute approximate surface area is 111 Å². The highest BCUT2D eigenvalue weighted by Gasteiger charge is 2.13. The molecule has 19 heavy (non-hydrogen) atoms. The summed E-state index contributed by atoms with van der Waals surface area (Å²) < 4.78 is 4.85. The van der Waals surface area contributed by atoms with Crippen molar-refractivity contribution in [2.45, 2.75) is 18.9 Å². The maximum absolute atomic E-state index is 11.7. The fraction of sp³-hybridized carbons (Fsp3) is 0.385. The van der Waals surface area contributed by atoms with Crippen LogP contribution in [-0.2, 0) is 20.7 Å². The second-order valence-corrected chi connectivity index (χ2v) is 4.14. The maximum Gasteiger partial charge on any atom is 0.307 e. The Morgan fingerprint density at radius 1 is 1.37 bits per heavy atom. The van der Waals surface area contributed by atoms with Crippen molar-refractivity contribution in [2.24, 2.45) is 5.73 Å². The fourth-order valence-electron chi connectivity index (χ4n) is 1.49. The molecule has 0 saturated carbocycles. The first-order chi connectivity index (χ1) is 9.02. The van der Waals surface area contributed by atoms with E-state index < -0.39 is 12.0 Å². The molecule has 4 N–H and O–H groups in total. The molecule has 0 spiro atoms. The van der Waals surface area contributed by atoms with Crippen molar-refractivity contribution in [3.05, 3.63) is 29.8 Å². The molecule has 0 saturated heterocycles. The van der Waals surface area contributed by atoms with E-state index in [4.69, 9.17) is 15.6 Å². The Bertz CT molecular complexity index is 431. The van der Waals surface area contributed by atoms with Crippen LogP contribution in [0.2, 0.25) is 0 Å². The van der Waals surface area contributed by atoms with E-state index in [1.807, 2.05) is 0 Å². The van der Waals surface area contributed by atoms with E-state index in [0.717, 1.165) is 0 Å². The van der Waals surface area contributed by atoms with Gasteiger partial charge in [-0.2, -0.15) is 0 Å². The zero-order chi connectivity index (χ0) is 14.3. The molecule has 0 aromatic heterocycles. The van der Waals surface area contributed by atoms with Crippen LogP contribution in [0.25, 0.3) is 0 Å². The third kappa shape index (κ3) is 5.50. The third-order valence-electron chi connectivity index (χ3n) is 2.55. The second kappa shape index (κ2) is 7.50. The van der Waals surface area contributed by atoms with Gasteiger partial charge in [0.2, 0.25) is 5.91 Å². The molecule has 1 atom stereocenters. The molecule has 6 heteroatoms. The number of benzene rings is 1. The highest BCUT2D eigenvalue weighted by molar-refractivity contribution is 5.94. The van der Waals surface area contributed by atoms with Gasteiger partial charge in [0.05, 0.1) is 12.5 Å². The number of aliphatic carboxylic acids is 1. The van der Waals surface area contributed by atoms with Gasteiger partial charge in [-0.3, -0.25) is 9.59 Å². The minimum atomic E-state index is -0.890. The van der Waals surface area contributed by atoms with Crippen LogP contribution in [0.1, 0.15) is 12.0 Å². The summed E-state index contributed by atoms with van der Waals surface area (Å²) in [5.41, 5.74) is 6.94. The van der Waals surface area contributed by atoms with Crippen LogP contribution in [0.4, 0.5) is 5.69 Å². The lowest BCUT2D eigenvalue weighted by atomic mass is 10.1. The molecule has 0 aliphatic rings. The summed E-state index contributed by atoms with van der Waals surface area (Å²) >= 11 is 0. The predicted molar refractivity (Wildman–Crippen MR) is 70.9 cm³/mol. The molecule has 6 nitrogen and oxygen atoms in total. The lowest BCUT2D eigenvalue weighted by Gasteiger charge is -2.11. The van der Waals surface area contributed by atoms with E-state index in [1.165, 1.54) is 0 Å². The first-order valence-corrected chi connectivity index (χ1v) is 5.89. The summed E-state index contributed by atoms with van der Waals surface area (Å²) in [6.45, 7) is 0.423. The molecule has 1 aromatic rings. The Balaban J connectivity index is 2.52. The summed E-state index contributed by atoms with van der Waals surface area (Å²) in [6, 6.07) is 5.99. The van der Waals surface area contributed by atoms with Gasteiger partial charge < -0.3 is 20.9 Å². The van der Waals surface area contributed by atoms with Crippen molar-refractivity contribution < 1.29 is 19.4 Å². The van der Waals surface area contributed by atoms with Crippen molar-refractivity contribution in [2.75, 3.05) is 19.0 Å². The van der Waals surface area contributed by atoms with E-state index in [0.29, 0.717) is 24.3 Å². The molecule has 1 unspecified atom stereocenters. The number of carboxylic acid groups (broad SMARTS) is 1. The summed E-state index contributed by atoms with van der Waals surface area (Å²) in [4.78, 5) is 22.2. The molecule has 0 fully saturated rings. The van der Waals surface area contributed by atoms with Gasteiger partial charge >= 0.3 is 5.97 Å². The molecule has 0 heterocycles. The number of carboxylic acids is 1. The monoisotopic (exact) mass is 266 g/mol. The quantitative estimate of drug-likeness (QED) is 0.671. The summed E-state index contributed by atoms with van der Waals surface area (Å²) in [5, 5.41) is 11.3. The van der Waals surface area contributed by atoms with Crippen molar-refractivity contribution in [3.63, 3.8) is 0 Å². The van der Waals surface area contributed by atoms with Gasteiger partial charge in [0.25, 0.3) is 0 Å². The van der Waals surface area contributed by atoms with E-state index in [9.17, 15) is 9.59 Å². The number of nitrogens with two attached hydrogens (primary N) is 1. The molecule has 0 aliphatic carbocycles. The van der Waals surface area contributed by atoms with E-state index in [2.05, 4.69) is 5.32 Å². The molecular formula is C13H18N2O4. The number of carbonyl (C=O) groups is 2.